The van der Waals surface area contributed by atoms with Crippen molar-refractivity contribution in [1.29, 1.82) is 0 Å². The second-order valence-corrected chi connectivity index (χ2v) is 11.9. The lowest BCUT2D eigenvalue weighted by molar-refractivity contribution is -0.160. The van der Waals surface area contributed by atoms with Crippen LogP contribution in [0.5, 0.6) is 0 Å². The number of hydrogen-bond acceptors (Lipinski definition) is 6. The number of fused-ring (bicyclic) bond motifs is 1. The maximum Gasteiger partial charge on any atom is 0.312 e. The summed E-state index contributed by atoms with van der Waals surface area (Å²) in [4.78, 5) is 45.8. The molecule has 0 radical (unpaired) electrons. The number of halogens is 1. The fourth-order valence-corrected chi connectivity index (χ4v) is 7.36. The van der Waals surface area contributed by atoms with Gasteiger partial charge in [0.2, 0.25) is 5.91 Å². The number of benzene rings is 1. The van der Waals surface area contributed by atoms with Crippen molar-refractivity contribution in [3.8, 4) is 0 Å². The number of amides is 2. The van der Waals surface area contributed by atoms with E-state index in [-0.39, 0.29) is 37.5 Å². The van der Waals surface area contributed by atoms with Gasteiger partial charge in [0.05, 0.1) is 41.5 Å². The summed E-state index contributed by atoms with van der Waals surface area (Å²) in [5.74, 6) is -3.14. The molecule has 2 amide bonds. The summed E-state index contributed by atoms with van der Waals surface area (Å²) in [6, 6.07) is 3.69. The lowest BCUT2D eigenvalue weighted by atomic mass is 9.66. The van der Waals surface area contributed by atoms with Gasteiger partial charge in [0.25, 0.3) is 5.91 Å². The molecule has 4 rings (SSSR count). The van der Waals surface area contributed by atoms with Crippen LogP contribution in [0.25, 0.3) is 0 Å². The van der Waals surface area contributed by atoms with E-state index in [9.17, 15) is 19.5 Å². The average Bonchev–Trinajstić information content (AvgIpc) is 3.49. The standard InChI is InChI=1S/C31H41ClN2O6/c1-7-10-17-39-29(38)24-23-27(36)34(22(18-35)19(4)9-3)26(31(23)15-14-30(24,6)40-31)28(37)33(16-8-2)25-20(5)12-11-13-21(25)32/h7-8,11-13,19,22-24,26,35H,1-2,9-10,14-18H2,3-6H3/t19-,22-,23-,24-,26?,30+,31?/m0/s1. The molecular weight excluding hydrogens is 532 g/mol. The Balaban J connectivity index is 1.87. The molecule has 3 heterocycles. The molecule has 8 nitrogen and oxygen atoms in total. The van der Waals surface area contributed by atoms with Gasteiger partial charge in [-0.2, -0.15) is 0 Å². The molecule has 0 saturated carbocycles. The van der Waals surface area contributed by atoms with Crippen LogP contribution in [-0.4, -0.2) is 70.8 Å². The van der Waals surface area contributed by atoms with E-state index in [1.165, 1.54) is 4.90 Å². The van der Waals surface area contributed by atoms with Gasteiger partial charge in [0.15, 0.2) is 0 Å². The minimum absolute atomic E-state index is 0.111. The van der Waals surface area contributed by atoms with E-state index in [0.717, 1.165) is 5.56 Å². The van der Waals surface area contributed by atoms with Crippen molar-refractivity contribution in [1.82, 2.24) is 4.90 Å². The molecule has 3 saturated heterocycles. The third-order valence-electron chi connectivity index (χ3n) is 9.15. The van der Waals surface area contributed by atoms with E-state index < -0.39 is 41.1 Å². The third-order valence-corrected chi connectivity index (χ3v) is 9.45. The Labute approximate surface area is 241 Å². The highest BCUT2D eigenvalue weighted by atomic mass is 35.5. The smallest absolute Gasteiger partial charge is 0.312 e. The van der Waals surface area contributed by atoms with E-state index in [1.54, 1.807) is 23.1 Å². The van der Waals surface area contributed by atoms with Gasteiger partial charge in [-0.15, -0.1) is 13.2 Å². The number of carbonyl (C=O) groups excluding carboxylic acids is 3. The van der Waals surface area contributed by atoms with Crippen LogP contribution in [0.15, 0.2) is 43.5 Å². The Morgan fingerprint density at radius 3 is 2.65 bits per heavy atom. The zero-order valence-corrected chi connectivity index (χ0v) is 24.7. The number of likely N-dealkylation sites (tertiary alicyclic amines) is 1. The van der Waals surface area contributed by atoms with E-state index in [4.69, 9.17) is 21.1 Å². The maximum absolute atomic E-state index is 14.8. The van der Waals surface area contributed by atoms with Gasteiger partial charge in [-0.1, -0.05) is 56.2 Å². The highest BCUT2D eigenvalue weighted by Crippen LogP contribution is 2.64. The van der Waals surface area contributed by atoms with Gasteiger partial charge in [0, 0.05) is 6.54 Å². The van der Waals surface area contributed by atoms with Gasteiger partial charge < -0.3 is 24.4 Å². The topological polar surface area (TPSA) is 96.4 Å². The summed E-state index contributed by atoms with van der Waals surface area (Å²) in [6.07, 6.45) is 5.36. The zero-order valence-electron chi connectivity index (χ0n) is 23.9. The summed E-state index contributed by atoms with van der Waals surface area (Å²) >= 11 is 6.63. The number of para-hydroxylation sites is 1. The molecule has 3 aliphatic rings. The summed E-state index contributed by atoms with van der Waals surface area (Å²) in [5.41, 5.74) is -0.879. The van der Waals surface area contributed by atoms with Gasteiger partial charge in [-0.25, -0.2) is 0 Å². The molecule has 218 valence electrons. The van der Waals surface area contributed by atoms with Crippen molar-refractivity contribution in [3.63, 3.8) is 0 Å². The van der Waals surface area contributed by atoms with Gasteiger partial charge >= 0.3 is 5.97 Å². The van der Waals surface area contributed by atoms with Gasteiger partial charge in [-0.05, 0) is 50.7 Å². The second-order valence-electron chi connectivity index (χ2n) is 11.5. The number of anilines is 1. The first kappa shape index (κ1) is 30.3. The predicted octanol–water partition coefficient (Wildman–Crippen LogP) is 4.46. The number of rotatable bonds is 12. The molecule has 9 heteroatoms. The van der Waals surface area contributed by atoms with Crippen LogP contribution in [0.4, 0.5) is 5.69 Å². The Morgan fingerprint density at radius 1 is 1.32 bits per heavy atom. The van der Waals surface area contributed by atoms with Crippen LogP contribution in [-0.2, 0) is 23.9 Å². The fraction of sp³-hybridized carbons (Fsp3) is 0.581. The molecule has 2 bridgehead atoms. The molecule has 3 aliphatic heterocycles. The molecule has 1 spiro atoms. The number of aliphatic hydroxyl groups is 1. The van der Waals surface area contributed by atoms with E-state index in [1.807, 2.05) is 39.8 Å². The second kappa shape index (κ2) is 11.7. The van der Waals surface area contributed by atoms with E-state index in [2.05, 4.69) is 13.2 Å². The molecule has 0 aromatic heterocycles. The van der Waals surface area contributed by atoms with Crippen molar-refractivity contribution >= 4 is 35.1 Å². The van der Waals surface area contributed by atoms with Crippen molar-refractivity contribution in [3.05, 3.63) is 54.1 Å². The van der Waals surface area contributed by atoms with Crippen molar-refractivity contribution in [2.45, 2.75) is 76.7 Å². The number of hydrogen-bond donors (Lipinski definition) is 1. The normalized spacial score (nSPS) is 30.1. The van der Waals surface area contributed by atoms with Crippen molar-refractivity contribution in [2.24, 2.45) is 17.8 Å². The summed E-state index contributed by atoms with van der Waals surface area (Å²) < 4.78 is 12.3. The van der Waals surface area contributed by atoms with Crippen LogP contribution in [0.1, 0.15) is 52.0 Å². The average molecular weight is 573 g/mol. The minimum Gasteiger partial charge on any atom is -0.465 e. The fourth-order valence-electron chi connectivity index (χ4n) is 7.04. The molecule has 1 aromatic carbocycles. The van der Waals surface area contributed by atoms with Crippen molar-refractivity contribution < 1.29 is 29.0 Å². The zero-order chi connectivity index (χ0) is 29.4. The molecular formula is C31H41ClN2O6. The Kier molecular flexibility index (Phi) is 8.83. The monoisotopic (exact) mass is 572 g/mol. The number of aliphatic hydroxyl groups excluding tert-OH is 1. The van der Waals surface area contributed by atoms with E-state index in [0.29, 0.717) is 36.4 Å². The van der Waals surface area contributed by atoms with Crippen LogP contribution >= 0.6 is 11.6 Å². The summed E-state index contributed by atoms with van der Waals surface area (Å²) in [6.45, 7) is 15.1. The first-order valence-electron chi connectivity index (χ1n) is 14.1. The number of carbonyl (C=O) groups is 3. The highest BCUT2D eigenvalue weighted by molar-refractivity contribution is 6.34. The largest absolute Gasteiger partial charge is 0.465 e. The molecule has 3 fully saturated rings. The number of aryl methyl sites for hydroxylation is 1. The van der Waals surface area contributed by atoms with E-state index >= 15 is 0 Å². The minimum atomic E-state index is -1.25. The van der Waals surface area contributed by atoms with Crippen molar-refractivity contribution in [2.75, 3.05) is 24.7 Å². The lowest BCUT2D eigenvalue weighted by Gasteiger charge is -2.41. The third kappa shape index (κ3) is 4.68. The first-order chi connectivity index (χ1) is 19.0. The Bertz CT molecular complexity index is 1170. The molecule has 2 unspecified atom stereocenters. The highest BCUT2D eigenvalue weighted by Gasteiger charge is 2.79. The van der Waals surface area contributed by atoms with Crippen LogP contribution in [0.2, 0.25) is 5.02 Å². The van der Waals surface area contributed by atoms with Crippen LogP contribution in [0, 0.1) is 24.7 Å². The predicted molar refractivity (Wildman–Crippen MR) is 154 cm³/mol. The number of ether oxygens (including phenoxy) is 2. The number of esters is 1. The maximum atomic E-state index is 14.8. The van der Waals surface area contributed by atoms with Gasteiger partial charge in [-0.3, -0.25) is 14.4 Å². The van der Waals surface area contributed by atoms with Crippen LogP contribution in [0.3, 0.4) is 0 Å². The SMILES string of the molecule is C=CCCOC(=O)[C@@H]1[C@H]2C(=O)N([C@@H](CO)[C@@H](C)CC)C(C(=O)N(CC=C)c3c(C)cccc3Cl)C23CC[C@@]1(C)O3. The molecule has 1 aromatic rings. The molecule has 7 atom stereocenters. The lowest BCUT2D eigenvalue weighted by Crippen LogP contribution is -2.60. The number of nitrogens with zero attached hydrogens (tertiary/aromatic N) is 2. The quantitative estimate of drug-likeness (QED) is 0.226. The molecule has 40 heavy (non-hydrogen) atoms. The first-order valence-corrected chi connectivity index (χ1v) is 14.5. The Hall–Kier alpha value is -2.68. The molecule has 0 aliphatic carbocycles. The Morgan fingerprint density at radius 2 is 2.05 bits per heavy atom. The van der Waals surface area contributed by atoms with Gasteiger partial charge in [0.1, 0.15) is 17.6 Å². The summed E-state index contributed by atoms with van der Waals surface area (Å²) in [5, 5.41) is 11.0. The summed E-state index contributed by atoms with van der Waals surface area (Å²) in [7, 11) is 0. The molecule has 1 N–H and O–H groups in total. The van der Waals surface area contributed by atoms with Crippen LogP contribution < -0.4 is 4.90 Å².